The number of aromatic nitrogens is 1. The van der Waals surface area contributed by atoms with E-state index in [9.17, 15) is 0 Å². The van der Waals surface area contributed by atoms with Gasteiger partial charge in [0.25, 0.3) is 0 Å². The van der Waals surface area contributed by atoms with Crippen molar-refractivity contribution in [2.45, 2.75) is 33.2 Å². The Morgan fingerprint density at radius 3 is 2.58 bits per heavy atom. The summed E-state index contributed by atoms with van der Waals surface area (Å²) in [5.74, 6) is 0. The number of hydrogen-bond acceptors (Lipinski definition) is 2. The average molecular weight is 254 g/mol. The van der Waals surface area contributed by atoms with Crippen molar-refractivity contribution in [2.75, 3.05) is 7.05 Å². The van der Waals surface area contributed by atoms with Crippen LogP contribution in [-0.2, 0) is 6.42 Å². The standard InChI is InChI=1S/C17H22N2/c1-12-5-6-13(2)15(9-12)10-17(18-4)16-11-19-8-7-14(16)3/h5-9,11,17-18H,10H2,1-4H3. The molecule has 100 valence electrons. The van der Waals surface area contributed by atoms with E-state index in [4.69, 9.17) is 0 Å². The summed E-state index contributed by atoms with van der Waals surface area (Å²) in [4.78, 5) is 4.26. The molecular formula is C17H22N2. The van der Waals surface area contributed by atoms with Crippen molar-refractivity contribution in [3.05, 3.63) is 64.5 Å². The Balaban J connectivity index is 2.29. The molecule has 1 unspecified atom stereocenters. The van der Waals surface area contributed by atoms with Crippen LogP contribution in [0, 0.1) is 20.8 Å². The first-order chi connectivity index (χ1) is 9.11. The zero-order chi connectivity index (χ0) is 13.8. The molecule has 0 radical (unpaired) electrons. The minimum Gasteiger partial charge on any atom is -0.313 e. The predicted molar refractivity (Wildman–Crippen MR) is 80.4 cm³/mol. The Kier molecular flexibility index (Phi) is 4.33. The fourth-order valence-electron chi connectivity index (χ4n) is 2.45. The highest BCUT2D eigenvalue weighted by Crippen LogP contribution is 2.22. The quantitative estimate of drug-likeness (QED) is 0.903. The van der Waals surface area contributed by atoms with Gasteiger partial charge in [0.2, 0.25) is 0 Å². The predicted octanol–water partition coefficient (Wildman–Crippen LogP) is 3.51. The molecule has 1 atom stereocenters. The topological polar surface area (TPSA) is 24.9 Å². The van der Waals surface area contributed by atoms with E-state index in [0.29, 0.717) is 6.04 Å². The van der Waals surface area contributed by atoms with Gasteiger partial charge in [-0.2, -0.15) is 0 Å². The van der Waals surface area contributed by atoms with E-state index < -0.39 is 0 Å². The summed E-state index contributed by atoms with van der Waals surface area (Å²) in [5, 5.41) is 3.41. The highest BCUT2D eigenvalue weighted by atomic mass is 14.9. The monoisotopic (exact) mass is 254 g/mol. The molecule has 2 heteroatoms. The van der Waals surface area contributed by atoms with Crippen molar-refractivity contribution in [3.63, 3.8) is 0 Å². The van der Waals surface area contributed by atoms with E-state index in [-0.39, 0.29) is 0 Å². The summed E-state index contributed by atoms with van der Waals surface area (Å²) < 4.78 is 0. The van der Waals surface area contributed by atoms with Crippen LogP contribution in [0.1, 0.15) is 33.9 Å². The lowest BCUT2D eigenvalue weighted by Gasteiger charge is -2.20. The third-order valence-electron chi connectivity index (χ3n) is 3.73. The SMILES string of the molecule is CNC(Cc1cc(C)ccc1C)c1cnccc1C. The molecule has 1 aromatic heterocycles. The van der Waals surface area contributed by atoms with Gasteiger partial charge in [0.05, 0.1) is 0 Å². The van der Waals surface area contributed by atoms with E-state index in [1.54, 1.807) is 0 Å². The molecule has 1 heterocycles. The van der Waals surface area contributed by atoms with Gasteiger partial charge >= 0.3 is 0 Å². The fraction of sp³-hybridized carbons (Fsp3) is 0.353. The summed E-state index contributed by atoms with van der Waals surface area (Å²) in [6, 6.07) is 9.04. The molecule has 0 aliphatic heterocycles. The second-order valence-corrected chi connectivity index (χ2v) is 5.21. The number of likely N-dealkylation sites (N-methyl/N-ethyl adjacent to an activating group) is 1. The maximum absolute atomic E-state index is 4.26. The number of nitrogens with zero attached hydrogens (tertiary/aromatic N) is 1. The number of rotatable bonds is 4. The Labute approximate surface area is 115 Å². The van der Waals surface area contributed by atoms with E-state index in [2.05, 4.69) is 55.3 Å². The molecule has 2 aromatic rings. The van der Waals surface area contributed by atoms with Gasteiger partial charge in [-0.3, -0.25) is 4.98 Å². The first kappa shape index (κ1) is 13.8. The van der Waals surface area contributed by atoms with Crippen molar-refractivity contribution >= 4 is 0 Å². The van der Waals surface area contributed by atoms with Crippen LogP contribution in [-0.4, -0.2) is 12.0 Å². The van der Waals surface area contributed by atoms with Crippen molar-refractivity contribution in [3.8, 4) is 0 Å². The molecule has 0 saturated heterocycles. The molecule has 1 N–H and O–H groups in total. The van der Waals surface area contributed by atoms with Gasteiger partial charge in [-0.15, -0.1) is 0 Å². The Bertz CT molecular complexity index is 561. The lowest BCUT2D eigenvalue weighted by molar-refractivity contribution is 0.585. The first-order valence-electron chi connectivity index (χ1n) is 6.75. The zero-order valence-electron chi connectivity index (χ0n) is 12.2. The average Bonchev–Trinajstić information content (AvgIpc) is 2.41. The summed E-state index contributed by atoms with van der Waals surface area (Å²) in [5.41, 5.74) is 6.65. The maximum Gasteiger partial charge on any atom is 0.0376 e. The van der Waals surface area contributed by atoms with Gasteiger partial charge in [-0.1, -0.05) is 23.8 Å². The maximum atomic E-state index is 4.26. The molecule has 19 heavy (non-hydrogen) atoms. The van der Waals surface area contributed by atoms with E-state index >= 15 is 0 Å². The smallest absolute Gasteiger partial charge is 0.0376 e. The Hall–Kier alpha value is -1.67. The largest absolute Gasteiger partial charge is 0.313 e. The van der Waals surface area contributed by atoms with Crippen LogP contribution >= 0.6 is 0 Å². The van der Waals surface area contributed by atoms with Crippen LogP contribution in [0.2, 0.25) is 0 Å². The van der Waals surface area contributed by atoms with Crippen LogP contribution < -0.4 is 5.32 Å². The highest BCUT2D eigenvalue weighted by molar-refractivity contribution is 5.33. The van der Waals surface area contributed by atoms with Crippen LogP contribution in [0.25, 0.3) is 0 Å². The van der Waals surface area contributed by atoms with Gasteiger partial charge in [0.15, 0.2) is 0 Å². The number of pyridine rings is 1. The van der Waals surface area contributed by atoms with Crippen LogP contribution in [0.15, 0.2) is 36.7 Å². The van der Waals surface area contributed by atoms with E-state index in [1.165, 1.54) is 27.8 Å². The number of aryl methyl sites for hydroxylation is 3. The molecule has 0 bridgehead atoms. The zero-order valence-corrected chi connectivity index (χ0v) is 12.2. The molecule has 0 spiro atoms. The van der Waals surface area contributed by atoms with E-state index in [1.807, 2.05) is 19.4 Å². The molecule has 2 nitrogen and oxygen atoms in total. The minimum absolute atomic E-state index is 0.314. The third-order valence-corrected chi connectivity index (χ3v) is 3.73. The van der Waals surface area contributed by atoms with Gasteiger partial charge < -0.3 is 5.32 Å². The summed E-state index contributed by atoms with van der Waals surface area (Å²) in [7, 11) is 2.02. The van der Waals surface area contributed by atoms with Crippen LogP contribution in [0.3, 0.4) is 0 Å². The molecule has 0 saturated carbocycles. The molecule has 0 aliphatic carbocycles. The Morgan fingerprint density at radius 1 is 1.11 bits per heavy atom. The summed E-state index contributed by atoms with van der Waals surface area (Å²) >= 11 is 0. The molecule has 0 aliphatic rings. The molecule has 0 fully saturated rings. The third kappa shape index (κ3) is 3.21. The molecule has 0 amide bonds. The molecule has 1 aromatic carbocycles. The van der Waals surface area contributed by atoms with Gasteiger partial charge in [-0.25, -0.2) is 0 Å². The molecular weight excluding hydrogens is 232 g/mol. The lowest BCUT2D eigenvalue weighted by atomic mass is 9.94. The van der Waals surface area contributed by atoms with Crippen molar-refractivity contribution in [1.82, 2.24) is 10.3 Å². The van der Waals surface area contributed by atoms with Gasteiger partial charge in [-0.05, 0) is 62.6 Å². The van der Waals surface area contributed by atoms with Crippen molar-refractivity contribution < 1.29 is 0 Å². The summed E-state index contributed by atoms with van der Waals surface area (Å²) in [6.45, 7) is 6.47. The first-order valence-corrected chi connectivity index (χ1v) is 6.75. The van der Waals surface area contributed by atoms with Gasteiger partial charge in [0.1, 0.15) is 0 Å². The lowest BCUT2D eigenvalue weighted by Crippen LogP contribution is -2.20. The summed E-state index contributed by atoms with van der Waals surface area (Å²) in [6.07, 6.45) is 4.82. The van der Waals surface area contributed by atoms with Crippen molar-refractivity contribution in [1.29, 1.82) is 0 Å². The normalized spacial score (nSPS) is 12.4. The highest BCUT2D eigenvalue weighted by Gasteiger charge is 2.13. The molecule has 2 rings (SSSR count). The number of hydrogen-bond donors (Lipinski definition) is 1. The van der Waals surface area contributed by atoms with Crippen LogP contribution in [0.5, 0.6) is 0 Å². The van der Waals surface area contributed by atoms with Crippen molar-refractivity contribution in [2.24, 2.45) is 0 Å². The second kappa shape index (κ2) is 5.98. The fourth-order valence-corrected chi connectivity index (χ4v) is 2.45. The second-order valence-electron chi connectivity index (χ2n) is 5.21. The number of nitrogens with one attached hydrogen (secondary N) is 1. The number of benzene rings is 1. The van der Waals surface area contributed by atoms with Crippen LogP contribution in [0.4, 0.5) is 0 Å². The van der Waals surface area contributed by atoms with E-state index in [0.717, 1.165) is 6.42 Å². The Morgan fingerprint density at radius 2 is 1.89 bits per heavy atom. The minimum atomic E-state index is 0.314. The van der Waals surface area contributed by atoms with Gasteiger partial charge in [0, 0.05) is 18.4 Å².